The first-order valence-electron chi connectivity index (χ1n) is 8.61. The maximum atomic E-state index is 13.5. The molecule has 0 atom stereocenters. The second-order valence-corrected chi connectivity index (χ2v) is 8.02. The van der Waals surface area contributed by atoms with E-state index in [1.165, 1.54) is 61.8 Å². The van der Waals surface area contributed by atoms with Gasteiger partial charge in [-0.3, -0.25) is 9.10 Å². The Hall–Kier alpha value is -3.52. The van der Waals surface area contributed by atoms with E-state index in [1.54, 1.807) is 30.3 Å². The van der Waals surface area contributed by atoms with Gasteiger partial charge in [-0.1, -0.05) is 36.4 Å². The predicted molar refractivity (Wildman–Crippen MR) is 110 cm³/mol. The number of benzene rings is 3. The van der Waals surface area contributed by atoms with Gasteiger partial charge in [0.25, 0.3) is 15.9 Å². The molecule has 0 fully saturated rings. The number of sulfonamides is 1. The third-order valence-corrected chi connectivity index (χ3v) is 5.97. The number of carbonyl (C=O) groups excluding carboxylic acids is 1. The lowest BCUT2D eigenvalue weighted by molar-refractivity contribution is 0.0955. The summed E-state index contributed by atoms with van der Waals surface area (Å²) in [6.07, 6.45) is 1.21. The Labute approximate surface area is 168 Å². The molecule has 0 saturated heterocycles. The zero-order valence-corrected chi connectivity index (χ0v) is 16.3. The fourth-order valence-corrected chi connectivity index (χ4v) is 3.73. The summed E-state index contributed by atoms with van der Waals surface area (Å²) in [5.74, 6) is -0.949. The van der Waals surface area contributed by atoms with Crippen LogP contribution in [-0.2, 0) is 10.0 Å². The number of amides is 1. The average Bonchev–Trinajstić information content (AvgIpc) is 2.75. The molecule has 8 heteroatoms. The summed E-state index contributed by atoms with van der Waals surface area (Å²) >= 11 is 0. The number of hydrazone groups is 1. The summed E-state index contributed by atoms with van der Waals surface area (Å²) in [4.78, 5) is 12.3. The van der Waals surface area contributed by atoms with Crippen molar-refractivity contribution >= 4 is 27.8 Å². The quantitative estimate of drug-likeness (QED) is 0.499. The molecule has 3 aromatic carbocycles. The number of hydrogen-bond acceptors (Lipinski definition) is 4. The van der Waals surface area contributed by atoms with E-state index in [-0.39, 0.29) is 16.0 Å². The fourth-order valence-electron chi connectivity index (χ4n) is 2.52. The SMILES string of the molecule is CN(c1ccc(C(=O)NN=Cc2ccccc2F)cc1)S(=O)(=O)c1ccccc1. The van der Waals surface area contributed by atoms with E-state index < -0.39 is 21.7 Å². The van der Waals surface area contributed by atoms with Crippen molar-refractivity contribution in [2.24, 2.45) is 5.10 Å². The summed E-state index contributed by atoms with van der Waals surface area (Å²) < 4.78 is 40.0. The Morgan fingerprint density at radius 3 is 2.24 bits per heavy atom. The summed E-state index contributed by atoms with van der Waals surface area (Å²) in [5.41, 5.74) is 3.24. The molecule has 0 bridgehead atoms. The van der Waals surface area contributed by atoms with Crippen molar-refractivity contribution < 1.29 is 17.6 Å². The lowest BCUT2D eigenvalue weighted by Gasteiger charge is -2.19. The Balaban J connectivity index is 1.69. The van der Waals surface area contributed by atoms with Crippen LogP contribution < -0.4 is 9.73 Å². The van der Waals surface area contributed by atoms with Crippen LogP contribution in [0.3, 0.4) is 0 Å². The van der Waals surface area contributed by atoms with E-state index >= 15 is 0 Å². The molecule has 0 aliphatic carbocycles. The van der Waals surface area contributed by atoms with Gasteiger partial charge in [0.15, 0.2) is 0 Å². The van der Waals surface area contributed by atoms with Crippen molar-refractivity contribution in [3.63, 3.8) is 0 Å². The summed E-state index contributed by atoms with van der Waals surface area (Å²) in [5, 5.41) is 3.74. The molecule has 0 aliphatic heterocycles. The average molecular weight is 411 g/mol. The minimum absolute atomic E-state index is 0.173. The molecule has 0 unspecified atom stereocenters. The molecule has 0 spiro atoms. The number of nitrogens with zero attached hydrogens (tertiary/aromatic N) is 2. The number of halogens is 1. The van der Waals surface area contributed by atoms with Gasteiger partial charge in [-0.2, -0.15) is 5.10 Å². The molecule has 0 aromatic heterocycles. The largest absolute Gasteiger partial charge is 0.271 e. The van der Waals surface area contributed by atoms with Crippen LogP contribution in [-0.4, -0.2) is 27.6 Å². The molecule has 0 heterocycles. The molecule has 3 rings (SSSR count). The van der Waals surface area contributed by atoms with Crippen molar-refractivity contribution in [1.82, 2.24) is 5.43 Å². The van der Waals surface area contributed by atoms with Gasteiger partial charge in [-0.05, 0) is 42.5 Å². The standard InChI is InChI=1S/C21H18FN3O3S/c1-25(29(27,28)19-8-3-2-4-9-19)18-13-11-16(12-14-18)21(26)24-23-15-17-7-5-6-10-20(17)22/h2-15H,1H3,(H,24,26). The van der Waals surface area contributed by atoms with E-state index in [0.717, 1.165) is 4.31 Å². The first kappa shape index (κ1) is 20.2. The van der Waals surface area contributed by atoms with E-state index in [1.807, 2.05) is 0 Å². The van der Waals surface area contributed by atoms with Gasteiger partial charge in [-0.25, -0.2) is 18.2 Å². The molecule has 1 amide bonds. The van der Waals surface area contributed by atoms with Gasteiger partial charge < -0.3 is 0 Å². The van der Waals surface area contributed by atoms with Crippen LogP contribution in [0.5, 0.6) is 0 Å². The van der Waals surface area contributed by atoms with Gasteiger partial charge in [0.2, 0.25) is 0 Å². The van der Waals surface area contributed by atoms with Crippen molar-refractivity contribution in [2.75, 3.05) is 11.4 Å². The Morgan fingerprint density at radius 1 is 0.966 bits per heavy atom. The summed E-state index contributed by atoms with van der Waals surface area (Å²) in [6, 6.07) is 20.1. The monoisotopic (exact) mass is 411 g/mol. The smallest absolute Gasteiger partial charge is 0.269 e. The molecule has 148 valence electrons. The highest BCUT2D eigenvalue weighted by atomic mass is 32.2. The third kappa shape index (κ3) is 4.67. The van der Waals surface area contributed by atoms with Gasteiger partial charge >= 0.3 is 0 Å². The van der Waals surface area contributed by atoms with Crippen LogP contribution in [0.4, 0.5) is 10.1 Å². The van der Waals surface area contributed by atoms with Gasteiger partial charge in [-0.15, -0.1) is 0 Å². The van der Waals surface area contributed by atoms with Crippen LogP contribution in [0.2, 0.25) is 0 Å². The van der Waals surface area contributed by atoms with Gasteiger partial charge in [0.05, 0.1) is 16.8 Å². The fraction of sp³-hybridized carbons (Fsp3) is 0.0476. The number of hydrogen-bond donors (Lipinski definition) is 1. The van der Waals surface area contributed by atoms with Crippen molar-refractivity contribution in [3.05, 3.63) is 95.8 Å². The van der Waals surface area contributed by atoms with Crippen molar-refractivity contribution in [2.45, 2.75) is 4.90 Å². The molecule has 0 radical (unpaired) electrons. The molecule has 0 saturated carbocycles. The number of anilines is 1. The zero-order valence-electron chi connectivity index (χ0n) is 15.5. The molecular weight excluding hydrogens is 393 g/mol. The lowest BCUT2D eigenvalue weighted by atomic mass is 10.2. The predicted octanol–water partition coefficient (Wildman–Crippen LogP) is 3.41. The van der Waals surface area contributed by atoms with Gasteiger partial charge in [0.1, 0.15) is 5.82 Å². The second-order valence-electron chi connectivity index (χ2n) is 6.05. The van der Waals surface area contributed by atoms with Crippen LogP contribution >= 0.6 is 0 Å². The third-order valence-electron chi connectivity index (χ3n) is 4.17. The first-order valence-corrected chi connectivity index (χ1v) is 10.1. The van der Waals surface area contributed by atoms with E-state index in [2.05, 4.69) is 10.5 Å². The lowest BCUT2D eigenvalue weighted by Crippen LogP contribution is -2.26. The van der Waals surface area contributed by atoms with Gasteiger partial charge in [0, 0.05) is 18.2 Å². The van der Waals surface area contributed by atoms with E-state index in [4.69, 9.17) is 0 Å². The maximum Gasteiger partial charge on any atom is 0.271 e. The number of carbonyl (C=O) groups is 1. The Bertz CT molecular complexity index is 1130. The van der Waals surface area contributed by atoms with Crippen LogP contribution in [0.15, 0.2) is 88.9 Å². The summed E-state index contributed by atoms with van der Waals surface area (Å²) in [7, 11) is -2.26. The normalized spacial score (nSPS) is 11.4. The zero-order chi connectivity index (χ0) is 20.9. The topological polar surface area (TPSA) is 78.8 Å². The minimum atomic E-state index is -3.70. The van der Waals surface area contributed by atoms with Crippen LogP contribution in [0, 0.1) is 5.82 Å². The highest BCUT2D eigenvalue weighted by Crippen LogP contribution is 2.22. The minimum Gasteiger partial charge on any atom is -0.269 e. The van der Waals surface area contributed by atoms with Crippen LogP contribution in [0.25, 0.3) is 0 Å². The Kier molecular flexibility index (Phi) is 6.04. The van der Waals surface area contributed by atoms with E-state index in [9.17, 15) is 17.6 Å². The maximum absolute atomic E-state index is 13.5. The molecule has 6 nitrogen and oxygen atoms in total. The molecule has 29 heavy (non-hydrogen) atoms. The van der Waals surface area contributed by atoms with Crippen molar-refractivity contribution in [1.29, 1.82) is 0 Å². The van der Waals surface area contributed by atoms with E-state index in [0.29, 0.717) is 5.69 Å². The number of nitrogens with one attached hydrogen (secondary N) is 1. The highest BCUT2D eigenvalue weighted by Gasteiger charge is 2.21. The second kappa shape index (κ2) is 8.66. The number of rotatable bonds is 6. The van der Waals surface area contributed by atoms with Crippen LogP contribution in [0.1, 0.15) is 15.9 Å². The summed E-state index contributed by atoms with van der Waals surface area (Å²) in [6.45, 7) is 0. The molecule has 0 aliphatic rings. The van der Waals surface area contributed by atoms with Crippen molar-refractivity contribution in [3.8, 4) is 0 Å². The molecule has 1 N–H and O–H groups in total. The first-order chi connectivity index (χ1) is 13.9. The highest BCUT2D eigenvalue weighted by molar-refractivity contribution is 7.92. The molecular formula is C21H18FN3O3S. The molecule has 3 aromatic rings. The Morgan fingerprint density at radius 2 is 1.59 bits per heavy atom.